The second kappa shape index (κ2) is 5.48. The van der Waals surface area contributed by atoms with Crippen LogP contribution in [-0.4, -0.2) is 28.0 Å². The van der Waals surface area contributed by atoms with Crippen molar-refractivity contribution in [2.75, 3.05) is 13.1 Å². The van der Waals surface area contributed by atoms with Gasteiger partial charge in [-0.15, -0.1) is 11.3 Å². The highest BCUT2D eigenvalue weighted by Gasteiger charge is 2.23. The number of rotatable bonds is 2. The third kappa shape index (κ3) is 2.44. The lowest BCUT2D eigenvalue weighted by atomic mass is 10.1. The highest BCUT2D eigenvalue weighted by molar-refractivity contribution is 7.16. The summed E-state index contributed by atoms with van der Waals surface area (Å²) < 4.78 is 6.98. The summed E-state index contributed by atoms with van der Waals surface area (Å²) in [7, 11) is 0. The van der Waals surface area contributed by atoms with Crippen LogP contribution in [0.4, 0.5) is 0 Å². The minimum atomic E-state index is 0.385. The van der Waals surface area contributed by atoms with Crippen molar-refractivity contribution in [1.29, 1.82) is 0 Å². The smallest absolute Gasteiger partial charge is 0.191 e. The molecule has 2 aromatic heterocycles. The van der Waals surface area contributed by atoms with E-state index in [1.165, 1.54) is 10.3 Å². The van der Waals surface area contributed by atoms with Crippen LogP contribution in [0.2, 0.25) is 0 Å². The zero-order valence-electron chi connectivity index (χ0n) is 12.9. The Bertz CT molecular complexity index is 782. The van der Waals surface area contributed by atoms with Crippen molar-refractivity contribution in [2.24, 2.45) is 0 Å². The molecular weight excluding hydrogens is 294 g/mol. The van der Waals surface area contributed by atoms with Crippen LogP contribution >= 0.6 is 11.3 Å². The van der Waals surface area contributed by atoms with Gasteiger partial charge in [-0.3, -0.25) is 4.90 Å². The number of hydrogen-bond acceptors (Lipinski definition) is 5. The third-order valence-corrected chi connectivity index (χ3v) is 5.34. The molecule has 0 N–H and O–H groups in total. The van der Waals surface area contributed by atoms with Gasteiger partial charge in [-0.25, -0.2) is 9.97 Å². The SMILES string of the molecule is Cc1nc2c(o1)CCN(C(C)c1ccc3scnc3c1)CC2. The Balaban J connectivity index is 1.55. The molecule has 1 unspecified atom stereocenters. The minimum absolute atomic E-state index is 0.385. The Kier molecular flexibility index (Phi) is 3.47. The van der Waals surface area contributed by atoms with Crippen LogP contribution in [0.15, 0.2) is 28.1 Å². The van der Waals surface area contributed by atoms with Crippen molar-refractivity contribution in [3.05, 3.63) is 46.6 Å². The van der Waals surface area contributed by atoms with Crippen LogP contribution in [-0.2, 0) is 12.8 Å². The van der Waals surface area contributed by atoms with Crippen LogP contribution in [0.1, 0.15) is 35.9 Å². The van der Waals surface area contributed by atoms with Gasteiger partial charge in [-0.2, -0.15) is 0 Å². The lowest BCUT2D eigenvalue weighted by Crippen LogP contribution is -2.29. The number of nitrogens with zero attached hydrogens (tertiary/aromatic N) is 3. The van der Waals surface area contributed by atoms with Gasteiger partial charge in [0.15, 0.2) is 5.89 Å². The standard InChI is InChI=1S/C17H19N3OS/c1-11(13-3-4-17-15(9-13)18-10-22-17)20-7-5-14-16(6-8-20)21-12(2)19-14/h3-4,9-11H,5-8H2,1-2H3. The van der Waals surface area contributed by atoms with Gasteiger partial charge in [0, 0.05) is 38.9 Å². The molecule has 4 nitrogen and oxygen atoms in total. The van der Waals surface area contributed by atoms with E-state index < -0.39 is 0 Å². The molecule has 3 heterocycles. The fourth-order valence-electron chi connectivity index (χ4n) is 3.24. The average Bonchev–Trinajstić information content (AvgIpc) is 3.07. The van der Waals surface area contributed by atoms with Crippen molar-refractivity contribution in [2.45, 2.75) is 32.7 Å². The van der Waals surface area contributed by atoms with E-state index in [0.29, 0.717) is 6.04 Å². The summed E-state index contributed by atoms with van der Waals surface area (Å²) in [5.41, 5.74) is 5.49. The van der Waals surface area contributed by atoms with E-state index in [1.807, 2.05) is 12.4 Å². The number of aryl methyl sites for hydroxylation is 1. The second-order valence-electron chi connectivity index (χ2n) is 5.89. The van der Waals surface area contributed by atoms with Crippen LogP contribution < -0.4 is 0 Å². The second-order valence-corrected chi connectivity index (χ2v) is 6.78. The fraction of sp³-hybridized carbons (Fsp3) is 0.412. The Labute approximate surface area is 133 Å². The van der Waals surface area contributed by atoms with Crippen LogP contribution in [0, 0.1) is 6.92 Å². The van der Waals surface area contributed by atoms with Gasteiger partial charge in [0.1, 0.15) is 5.76 Å². The molecule has 0 fully saturated rings. The summed E-state index contributed by atoms with van der Waals surface area (Å²) >= 11 is 1.70. The number of hydrogen-bond donors (Lipinski definition) is 0. The summed E-state index contributed by atoms with van der Waals surface area (Å²) in [6.45, 7) is 6.24. The van der Waals surface area contributed by atoms with Crippen molar-refractivity contribution in [3.63, 3.8) is 0 Å². The highest BCUT2D eigenvalue weighted by atomic mass is 32.1. The first-order chi connectivity index (χ1) is 10.7. The lowest BCUT2D eigenvalue weighted by molar-refractivity contribution is 0.217. The molecule has 0 radical (unpaired) electrons. The van der Waals surface area contributed by atoms with Crippen molar-refractivity contribution < 1.29 is 4.42 Å². The normalized spacial score (nSPS) is 17.4. The molecule has 22 heavy (non-hydrogen) atoms. The van der Waals surface area contributed by atoms with E-state index in [0.717, 1.165) is 48.8 Å². The maximum absolute atomic E-state index is 5.72. The molecule has 1 aliphatic heterocycles. The van der Waals surface area contributed by atoms with E-state index in [-0.39, 0.29) is 0 Å². The van der Waals surface area contributed by atoms with Crippen molar-refractivity contribution in [3.8, 4) is 0 Å². The minimum Gasteiger partial charge on any atom is -0.446 e. The van der Waals surface area contributed by atoms with Crippen molar-refractivity contribution in [1.82, 2.24) is 14.9 Å². The summed E-state index contributed by atoms with van der Waals surface area (Å²) in [6, 6.07) is 7.03. The van der Waals surface area contributed by atoms with Gasteiger partial charge < -0.3 is 4.42 Å². The molecule has 1 aliphatic rings. The molecule has 0 saturated heterocycles. The summed E-state index contributed by atoms with van der Waals surface area (Å²) in [5.74, 6) is 1.86. The number of oxazole rings is 1. The summed E-state index contributed by atoms with van der Waals surface area (Å²) in [5, 5.41) is 0. The van der Waals surface area contributed by atoms with Crippen molar-refractivity contribution >= 4 is 21.6 Å². The predicted octanol–water partition coefficient (Wildman–Crippen LogP) is 3.75. The number of aromatic nitrogens is 2. The van der Waals surface area contributed by atoms with E-state index in [4.69, 9.17) is 4.42 Å². The lowest BCUT2D eigenvalue weighted by Gasteiger charge is -2.27. The van der Waals surface area contributed by atoms with Gasteiger partial charge in [0.05, 0.1) is 21.4 Å². The first-order valence-electron chi connectivity index (χ1n) is 7.73. The van der Waals surface area contributed by atoms with Crippen LogP contribution in [0.25, 0.3) is 10.2 Å². The molecule has 3 aromatic rings. The Morgan fingerprint density at radius 3 is 3.05 bits per heavy atom. The molecule has 5 heteroatoms. The Morgan fingerprint density at radius 1 is 1.27 bits per heavy atom. The predicted molar refractivity (Wildman–Crippen MR) is 88.3 cm³/mol. The van der Waals surface area contributed by atoms with E-state index in [1.54, 1.807) is 11.3 Å². The van der Waals surface area contributed by atoms with E-state index >= 15 is 0 Å². The highest BCUT2D eigenvalue weighted by Crippen LogP contribution is 2.27. The Morgan fingerprint density at radius 2 is 2.14 bits per heavy atom. The molecule has 1 aromatic carbocycles. The molecule has 4 rings (SSSR count). The Hall–Kier alpha value is -1.72. The molecule has 0 amide bonds. The van der Waals surface area contributed by atoms with Gasteiger partial charge >= 0.3 is 0 Å². The number of benzene rings is 1. The van der Waals surface area contributed by atoms with Gasteiger partial charge in [0.2, 0.25) is 0 Å². The third-order valence-electron chi connectivity index (χ3n) is 4.53. The number of fused-ring (bicyclic) bond motifs is 2. The maximum Gasteiger partial charge on any atom is 0.191 e. The molecule has 0 aliphatic carbocycles. The quantitative estimate of drug-likeness (QED) is 0.722. The largest absolute Gasteiger partial charge is 0.446 e. The van der Waals surface area contributed by atoms with Gasteiger partial charge in [0.25, 0.3) is 0 Å². The zero-order chi connectivity index (χ0) is 15.1. The zero-order valence-corrected chi connectivity index (χ0v) is 13.7. The van der Waals surface area contributed by atoms with Crippen LogP contribution in [0.5, 0.6) is 0 Å². The molecule has 0 spiro atoms. The fourth-order valence-corrected chi connectivity index (χ4v) is 3.90. The number of thiazole rings is 1. The molecule has 0 bridgehead atoms. The molecule has 114 valence electrons. The monoisotopic (exact) mass is 313 g/mol. The van der Waals surface area contributed by atoms with E-state index in [9.17, 15) is 0 Å². The molecule has 1 atom stereocenters. The molecular formula is C17H19N3OS. The van der Waals surface area contributed by atoms with Gasteiger partial charge in [-0.1, -0.05) is 6.07 Å². The average molecular weight is 313 g/mol. The first kappa shape index (κ1) is 13.9. The first-order valence-corrected chi connectivity index (χ1v) is 8.61. The summed E-state index contributed by atoms with van der Waals surface area (Å²) in [6.07, 6.45) is 1.91. The molecule has 0 saturated carbocycles. The van der Waals surface area contributed by atoms with E-state index in [2.05, 4.69) is 40.0 Å². The van der Waals surface area contributed by atoms with Gasteiger partial charge in [-0.05, 0) is 24.6 Å². The summed E-state index contributed by atoms with van der Waals surface area (Å²) in [4.78, 5) is 11.5. The maximum atomic E-state index is 5.72. The van der Waals surface area contributed by atoms with Crippen LogP contribution in [0.3, 0.4) is 0 Å². The topological polar surface area (TPSA) is 42.2 Å².